The number of hydrogen-bond donors (Lipinski definition) is 0. The fourth-order valence-corrected chi connectivity index (χ4v) is 7.24. The van der Waals surface area contributed by atoms with Crippen molar-refractivity contribution in [2.24, 2.45) is 0 Å². The number of furan rings is 1. The van der Waals surface area contributed by atoms with Gasteiger partial charge < -0.3 is 4.42 Å². The lowest BCUT2D eigenvalue weighted by Gasteiger charge is -2.06. The van der Waals surface area contributed by atoms with Crippen molar-refractivity contribution in [2.75, 3.05) is 0 Å². The summed E-state index contributed by atoms with van der Waals surface area (Å²) in [7, 11) is 0. The molecule has 0 aliphatic heterocycles. The molecular formula is C35H20N2OS. The molecule has 9 rings (SSSR count). The second-order valence-electron chi connectivity index (χ2n) is 10.00. The smallest absolute Gasteiger partial charge is 0.195 e. The number of aromatic nitrogens is 2. The number of fused-ring (bicyclic) bond motifs is 9. The summed E-state index contributed by atoms with van der Waals surface area (Å²) in [4.78, 5) is 5.21. The fourth-order valence-electron chi connectivity index (χ4n) is 6.10. The van der Waals surface area contributed by atoms with Gasteiger partial charge in [0.25, 0.3) is 0 Å². The molecule has 182 valence electrons. The Bertz CT molecular complexity index is 2390. The zero-order valence-electron chi connectivity index (χ0n) is 20.8. The minimum atomic E-state index is 0.901. The standard InChI is InChI=1S/C35H20N2OS/c1-2-9-21(10-3-1)24-14-8-15-28-32(24)26-19-22-11-4-5-12-23(22)20-29(26)37(28)35-36-27-17-18-31-33(34(27)39-35)25-13-6-7-16-30(25)38-31/h1-20H. The van der Waals surface area contributed by atoms with E-state index in [0.29, 0.717) is 0 Å². The first kappa shape index (κ1) is 21.1. The van der Waals surface area contributed by atoms with Gasteiger partial charge in [-0.05, 0) is 58.3 Å². The molecule has 3 heterocycles. The Labute approximate surface area is 227 Å². The molecule has 0 saturated heterocycles. The second-order valence-corrected chi connectivity index (χ2v) is 11.0. The van der Waals surface area contributed by atoms with Gasteiger partial charge in [0.1, 0.15) is 11.2 Å². The molecule has 0 bridgehead atoms. The first-order valence-corrected chi connectivity index (χ1v) is 13.9. The molecule has 0 N–H and O–H groups in total. The van der Waals surface area contributed by atoms with E-state index in [1.54, 1.807) is 11.3 Å². The maximum Gasteiger partial charge on any atom is 0.195 e. The topological polar surface area (TPSA) is 31.0 Å². The molecule has 0 spiro atoms. The second kappa shape index (κ2) is 7.79. The van der Waals surface area contributed by atoms with E-state index in [0.717, 1.165) is 42.8 Å². The highest BCUT2D eigenvalue weighted by molar-refractivity contribution is 7.22. The Hall–Kier alpha value is -4.93. The van der Waals surface area contributed by atoms with Crippen molar-refractivity contribution in [3.05, 3.63) is 121 Å². The van der Waals surface area contributed by atoms with Crippen LogP contribution in [0.25, 0.3) is 81.0 Å². The van der Waals surface area contributed by atoms with Gasteiger partial charge >= 0.3 is 0 Å². The van der Waals surface area contributed by atoms with Crippen molar-refractivity contribution in [3.63, 3.8) is 0 Å². The van der Waals surface area contributed by atoms with E-state index in [-0.39, 0.29) is 0 Å². The zero-order valence-corrected chi connectivity index (χ0v) is 21.6. The van der Waals surface area contributed by atoms with E-state index in [4.69, 9.17) is 9.40 Å². The number of nitrogens with zero attached hydrogens (tertiary/aromatic N) is 2. The van der Waals surface area contributed by atoms with Gasteiger partial charge in [-0.25, -0.2) is 4.98 Å². The van der Waals surface area contributed by atoms with Gasteiger partial charge in [-0.2, -0.15) is 0 Å². The maximum absolute atomic E-state index is 6.19. The minimum Gasteiger partial charge on any atom is -0.456 e. The SMILES string of the molecule is c1ccc(-c2cccc3c2c2cc4ccccc4cc2n3-c2nc3ccc4oc5ccccc5c4c3s2)cc1. The lowest BCUT2D eigenvalue weighted by Crippen LogP contribution is -1.92. The fraction of sp³-hybridized carbons (Fsp3) is 0. The van der Waals surface area contributed by atoms with Gasteiger partial charge in [-0.3, -0.25) is 4.57 Å². The van der Waals surface area contributed by atoms with Gasteiger partial charge in [0.15, 0.2) is 5.13 Å². The molecule has 0 atom stereocenters. The van der Waals surface area contributed by atoms with Crippen LogP contribution < -0.4 is 0 Å². The van der Waals surface area contributed by atoms with Gasteiger partial charge in [0, 0.05) is 21.5 Å². The minimum absolute atomic E-state index is 0.901. The number of rotatable bonds is 2. The normalized spacial score (nSPS) is 12.1. The zero-order chi connectivity index (χ0) is 25.5. The molecule has 4 heteroatoms. The van der Waals surface area contributed by atoms with E-state index >= 15 is 0 Å². The van der Waals surface area contributed by atoms with Crippen LogP contribution in [-0.4, -0.2) is 9.55 Å². The summed E-state index contributed by atoms with van der Waals surface area (Å²) in [6.45, 7) is 0. The van der Waals surface area contributed by atoms with Gasteiger partial charge in [-0.1, -0.05) is 96.3 Å². The Kier molecular flexibility index (Phi) is 4.21. The molecule has 0 radical (unpaired) electrons. The van der Waals surface area contributed by atoms with E-state index in [1.807, 2.05) is 18.2 Å². The highest BCUT2D eigenvalue weighted by Gasteiger charge is 2.20. The highest BCUT2D eigenvalue weighted by Crippen LogP contribution is 2.43. The largest absolute Gasteiger partial charge is 0.456 e. The van der Waals surface area contributed by atoms with E-state index < -0.39 is 0 Å². The first-order chi connectivity index (χ1) is 19.3. The number of para-hydroxylation sites is 1. The number of thiazole rings is 1. The van der Waals surface area contributed by atoms with Crippen LogP contribution in [0, 0.1) is 0 Å². The lowest BCUT2D eigenvalue weighted by atomic mass is 9.98. The predicted molar refractivity (Wildman–Crippen MR) is 164 cm³/mol. The summed E-state index contributed by atoms with van der Waals surface area (Å²) in [6, 6.07) is 42.9. The Morgan fingerprint density at radius 1 is 0.590 bits per heavy atom. The van der Waals surface area contributed by atoms with Gasteiger partial charge in [0.05, 0.1) is 21.3 Å². The molecule has 39 heavy (non-hydrogen) atoms. The third-order valence-corrected chi connectivity index (χ3v) is 8.89. The summed E-state index contributed by atoms with van der Waals surface area (Å²) < 4.78 is 9.69. The highest BCUT2D eigenvalue weighted by atomic mass is 32.1. The molecular weight excluding hydrogens is 496 g/mol. The van der Waals surface area contributed by atoms with E-state index in [1.165, 1.54) is 38.2 Å². The average Bonchev–Trinajstić information content (AvgIpc) is 3.67. The number of hydrogen-bond acceptors (Lipinski definition) is 3. The van der Waals surface area contributed by atoms with Crippen molar-refractivity contribution < 1.29 is 4.42 Å². The molecule has 0 amide bonds. The molecule has 0 aliphatic carbocycles. The molecule has 3 aromatic heterocycles. The van der Waals surface area contributed by atoms with Crippen LogP contribution in [0.2, 0.25) is 0 Å². The summed E-state index contributed by atoms with van der Waals surface area (Å²) in [5.74, 6) is 0. The summed E-state index contributed by atoms with van der Waals surface area (Å²) >= 11 is 1.73. The molecule has 3 nitrogen and oxygen atoms in total. The summed E-state index contributed by atoms with van der Waals surface area (Å²) in [5, 5.41) is 8.19. The Morgan fingerprint density at radius 2 is 1.38 bits per heavy atom. The Morgan fingerprint density at radius 3 is 2.28 bits per heavy atom. The van der Waals surface area contributed by atoms with Gasteiger partial charge in [0.2, 0.25) is 0 Å². The quantitative estimate of drug-likeness (QED) is 0.229. The molecule has 0 fully saturated rings. The van der Waals surface area contributed by atoms with E-state index in [9.17, 15) is 0 Å². The van der Waals surface area contributed by atoms with Crippen molar-refractivity contribution >= 4 is 76.1 Å². The summed E-state index contributed by atoms with van der Waals surface area (Å²) in [5.41, 5.74) is 7.57. The van der Waals surface area contributed by atoms with Crippen LogP contribution in [0.4, 0.5) is 0 Å². The first-order valence-electron chi connectivity index (χ1n) is 13.1. The van der Waals surface area contributed by atoms with Crippen LogP contribution in [-0.2, 0) is 0 Å². The van der Waals surface area contributed by atoms with Crippen molar-refractivity contribution in [2.45, 2.75) is 0 Å². The van der Waals surface area contributed by atoms with Crippen molar-refractivity contribution in [1.29, 1.82) is 0 Å². The van der Waals surface area contributed by atoms with E-state index in [2.05, 4.69) is 108 Å². The van der Waals surface area contributed by atoms with Crippen molar-refractivity contribution in [1.82, 2.24) is 9.55 Å². The third kappa shape index (κ3) is 2.95. The predicted octanol–water partition coefficient (Wildman–Crippen LogP) is 10.1. The molecule has 6 aromatic carbocycles. The maximum atomic E-state index is 6.19. The van der Waals surface area contributed by atoms with Crippen LogP contribution in [0.15, 0.2) is 126 Å². The average molecular weight is 517 g/mol. The van der Waals surface area contributed by atoms with Gasteiger partial charge in [-0.15, -0.1) is 0 Å². The summed E-state index contributed by atoms with van der Waals surface area (Å²) in [6.07, 6.45) is 0. The molecule has 9 aromatic rings. The van der Waals surface area contributed by atoms with Crippen LogP contribution in [0.1, 0.15) is 0 Å². The van der Waals surface area contributed by atoms with Crippen LogP contribution >= 0.6 is 11.3 Å². The van der Waals surface area contributed by atoms with Crippen LogP contribution in [0.3, 0.4) is 0 Å². The molecule has 0 saturated carbocycles. The van der Waals surface area contributed by atoms with Crippen LogP contribution in [0.5, 0.6) is 0 Å². The third-order valence-electron chi connectivity index (χ3n) is 7.82. The monoisotopic (exact) mass is 516 g/mol. The lowest BCUT2D eigenvalue weighted by molar-refractivity contribution is 0.669. The number of benzene rings is 6. The molecule has 0 unspecified atom stereocenters. The Balaban J connectivity index is 1.43. The molecule has 0 aliphatic rings. The van der Waals surface area contributed by atoms with Crippen molar-refractivity contribution in [3.8, 4) is 16.3 Å².